The minimum absolute atomic E-state index is 0.00802. The highest BCUT2D eigenvalue weighted by Crippen LogP contribution is 2.37. The van der Waals surface area contributed by atoms with E-state index < -0.39 is 5.91 Å². The summed E-state index contributed by atoms with van der Waals surface area (Å²) in [6, 6.07) is 11.1. The van der Waals surface area contributed by atoms with Gasteiger partial charge in [0.1, 0.15) is 11.6 Å². The molecule has 0 aliphatic carbocycles. The zero-order valence-corrected chi connectivity index (χ0v) is 17.3. The average Bonchev–Trinajstić information content (AvgIpc) is 2.64. The molecule has 5 nitrogen and oxygen atoms in total. The van der Waals surface area contributed by atoms with Crippen molar-refractivity contribution < 1.29 is 14.3 Å². The highest BCUT2D eigenvalue weighted by molar-refractivity contribution is 9.10. The van der Waals surface area contributed by atoms with Crippen LogP contribution in [0, 0.1) is 25.2 Å². The van der Waals surface area contributed by atoms with E-state index in [-0.39, 0.29) is 5.57 Å². The first-order chi connectivity index (χ1) is 12.9. The summed E-state index contributed by atoms with van der Waals surface area (Å²) in [6.07, 6.45) is 1.51. The van der Waals surface area contributed by atoms with Crippen molar-refractivity contribution in [1.29, 1.82) is 5.26 Å². The second-order valence-electron chi connectivity index (χ2n) is 5.89. The fourth-order valence-electron chi connectivity index (χ4n) is 2.44. The Bertz CT molecular complexity index is 930. The van der Waals surface area contributed by atoms with Crippen molar-refractivity contribution in [3.05, 3.63) is 57.1 Å². The van der Waals surface area contributed by atoms with Crippen LogP contribution in [0.2, 0.25) is 0 Å². The number of ether oxygens (including phenoxy) is 2. The molecule has 27 heavy (non-hydrogen) atoms. The maximum atomic E-state index is 12.5. The van der Waals surface area contributed by atoms with Crippen molar-refractivity contribution in [2.75, 3.05) is 19.0 Å². The van der Waals surface area contributed by atoms with E-state index in [2.05, 4.69) is 21.2 Å². The van der Waals surface area contributed by atoms with E-state index in [9.17, 15) is 10.1 Å². The molecule has 0 saturated carbocycles. The second-order valence-corrected chi connectivity index (χ2v) is 6.74. The third kappa shape index (κ3) is 5.11. The number of carbonyl (C=O) groups excluding carboxylic acids is 1. The number of nitrogens with one attached hydrogen (secondary N) is 1. The SMILES string of the molecule is CCOc1c(Br)cc(/C=C(\C#N)C(=O)Nc2ccc(C)c(C)c2)cc1OC. The first-order valence-corrected chi connectivity index (χ1v) is 9.19. The highest BCUT2D eigenvalue weighted by Gasteiger charge is 2.14. The topological polar surface area (TPSA) is 71.3 Å². The first-order valence-electron chi connectivity index (χ1n) is 8.40. The number of benzene rings is 2. The third-order valence-corrected chi connectivity index (χ3v) is 4.57. The molecule has 1 amide bonds. The third-order valence-electron chi connectivity index (χ3n) is 3.98. The van der Waals surface area contributed by atoms with Gasteiger partial charge in [-0.15, -0.1) is 0 Å². The number of hydrogen-bond donors (Lipinski definition) is 1. The van der Waals surface area contributed by atoms with Crippen LogP contribution in [0.1, 0.15) is 23.6 Å². The van der Waals surface area contributed by atoms with Crippen molar-refractivity contribution in [2.24, 2.45) is 0 Å². The van der Waals surface area contributed by atoms with Crippen LogP contribution >= 0.6 is 15.9 Å². The van der Waals surface area contributed by atoms with E-state index in [1.54, 1.807) is 12.1 Å². The molecule has 0 saturated heterocycles. The maximum absolute atomic E-state index is 12.5. The number of nitrogens with zero attached hydrogens (tertiary/aromatic N) is 1. The zero-order valence-electron chi connectivity index (χ0n) is 15.7. The van der Waals surface area contributed by atoms with Gasteiger partial charge in [-0.1, -0.05) is 6.07 Å². The molecule has 2 rings (SSSR count). The van der Waals surface area contributed by atoms with Crippen molar-refractivity contribution in [3.63, 3.8) is 0 Å². The van der Waals surface area contributed by atoms with Crippen molar-refractivity contribution >= 4 is 33.6 Å². The Morgan fingerprint density at radius 2 is 2.00 bits per heavy atom. The lowest BCUT2D eigenvalue weighted by atomic mass is 10.1. The van der Waals surface area contributed by atoms with Gasteiger partial charge < -0.3 is 14.8 Å². The molecule has 0 fully saturated rings. The predicted molar refractivity (Wildman–Crippen MR) is 110 cm³/mol. The summed E-state index contributed by atoms with van der Waals surface area (Å²) in [7, 11) is 1.54. The van der Waals surface area contributed by atoms with E-state index in [0.717, 1.165) is 11.1 Å². The molecule has 0 bridgehead atoms. The molecule has 140 valence electrons. The Hall–Kier alpha value is -2.78. The average molecular weight is 429 g/mol. The summed E-state index contributed by atoms with van der Waals surface area (Å²) in [6.45, 7) is 6.34. The largest absolute Gasteiger partial charge is 0.493 e. The van der Waals surface area contributed by atoms with E-state index in [4.69, 9.17) is 9.47 Å². The van der Waals surface area contributed by atoms with Crippen LogP contribution in [-0.4, -0.2) is 19.6 Å². The lowest BCUT2D eigenvalue weighted by molar-refractivity contribution is -0.112. The fraction of sp³-hybridized carbons (Fsp3) is 0.238. The van der Waals surface area contributed by atoms with Gasteiger partial charge in [-0.3, -0.25) is 4.79 Å². The van der Waals surface area contributed by atoms with E-state index >= 15 is 0 Å². The van der Waals surface area contributed by atoms with Crippen LogP contribution in [0.25, 0.3) is 6.08 Å². The number of methoxy groups -OCH3 is 1. The first kappa shape index (κ1) is 20.5. The van der Waals surface area contributed by atoms with Crippen LogP contribution in [-0.2, 0) is 4.79 Å². The molecule has 0 atom stereocenters. The van der Waals surface area contributed by atoms with Crippen molar-refractivity contribution in [1.82, 2.24) is 0 Å². The zero-order chi connectivity index (χ0) is 20.0. The van der Waals surface area contributed by atoms with Crippen molar-refractivity contribution in [3.8, 4) is 17.6 Å². The molecule has 1 N–H and O–H groups in total. The number of amides is 1. The van der Waals surface area contributed by atoms with Gasteiger partial charge in [0, 0.05) is 5.69 Å². The molecule has 2 aromatic carbocycles. The molecule has 0 radical (unpaired) electrons. The summed E-state index contributed by atoms with van der Waals surface area (Å²) < 4.78 is 11.6. The molecule has 0 aromatic heterocycles. The standard InChI is InChI=1S/C21H21BrN2O3/c1-5-27-20-18(22)10-15(11-19(20)26-4)9-16(12-23)21(25)24-17-7-6-13(2)14(3)8-17/h6-11H,5H2,1-4H3,(H,24,25)/b16-9+. The van der Waals surface area contributed by atoms with Crippen molar-refractivity contribution in [2.45, 2.75) is 20.8 Å². The summed E-state index contributed by atoms with van der Waals surface area (Å²) >= 11 is 3.44. The van der Waals surface area contributed by atoms with Gasteiger partial charge in [-0.05, 0) is 83.7 Å². The van der Waals surface area contributed by atoms with Crippen LogP contribution in [0.4, 0.5) is 5.69 Å². The maximum Gasteiger partial charge on any atom is 0.266 e. The molecule has 6 heteroatoms. The molecule has 0 unspecified atom stereocenters. The van der Waals surface area contributed by atoms with Gasteiger partial charge in [-0.25, -0.2) is 0 Å². The van der Waals surface area contributed by atoms with Crippen LogP contribution < -0.4 is 14.8 Å². The molecule has 0 spiro atoms. The second kappa shape index (κ2) is 9.24. The summed E-state index contributed by atoms with van der Waals surface area (Å²) in [4.78, 5) is 12.5. The van der Waals surface area contributed by atoms with Gasteiger partial charge in [0.2, 0.25) is 0 Å². The lowest BCUT2D eigenvalue weighted by Crippen LogP contribution is -2.13. The van der Waals surface area contributed by atoms with Crippen LogP contribution in [0.15, 0.2) is 40.4 Å². The Labute approximate surface area is 167 Å². The van der Waals surface area contributed by atoms with Gasteiger partial charge in [0.25, 0.3) is 5.91 Å². The van der Waals surface area contributed by atoms with E-state index in [0.29, 0.717) is 33.8 Å². The Balaban J connectivity index is 2.32. The molecule has 2 aromatic rings. The fourth-order valence-corrected chi connectivity index (χ4v) is 3.01. The molecular weight excluding hydrogens is 408 g/mol. The monoisotopic (exact) mass is 428 g/mol. The summed E-state index contributed by atoms with van der Waals surface area (Å²) in [5.41, 5.74) is 3.49. The number of carbonyl (C=O) groups is 1. The van der Waals surface area contributed by atoms with Crippen LogP contribution in [0.5, 0.6) is 11.5 Å². The number of anilines is 1. The number of hydrogen-bond acceptors (Lipinski definition) is 4. The Morgan fingerprint density at radius 1 is 1.26 bits per heavy atom. The molecule has 0 aliphatic heterocycles. The Kier molecular flexibility index (Phi) is 7.03. The predicted octanol–water partition coefficient (Wildman–Crippen LogP) is 5.02. The van der Waals surface area contributed by atoms with E-state index in [1.807, 2.05) is 45.0 Å². The van der Waals surface area contributed by atoms with E-state index in [1.165, 1.54) is 13.2 Å². The quantitative estimate of drug-likeness (QED) is 0.517. The number of rotatable bonds is 6. The van der Waals surface area contributed by atoms with Gasteiger partial charge in [0.05, 0.1) is 18.2 Å². The van der Waals surface area contributed by atoms with Gasteiger partial charge >= 0.3 is 0 Å². The lowest BCUT2D eigenvalue weighted by Gasteiger charge is -2.12. The minimum atomic E-state index is -0.468. The number of halogens is 1. The normalized spacial score (nSPS) is 10.9. The smallest absolute Gasteiger partial charge is 0.266 e. The summed E-state index contributed by atoms with van der Waals surface area (Å²) in [5, 5.41) is 12.2. The summed E-state index contributed by atoms with van der Waals surface area (Å²) in [5.74, 6) is 0.629. The molecule has 0 heterocycles. The molecular formula is C21H21BrN2O3. The number of nitriles is 1. The minimum Gasteiger partial charge on any atom is -0.493 e. The Morgan fingerprint density at radius 3 is 2.59 bits per heavy atom. The van der Waals surface area contributed by atoms with Gasteiger partial charge in [-0.2, -0.15) is 5.26 Å². The van der Waals surface area contributed by atoms with Crippen LogP contribution in [0.3, 0.4) is 0 Å². The number of aryl methyl sites for hydroxylation is 2. The van der Waals surface area contributed by atoms with Gasteiger partial charge in [0.15, 0.2) is 11.5 Å². The molecule has 0 aliphatic rings. The highest BCUT2D eigenvalue weighted by atomic mass is 79.9.